The van der Waals surface area contributed by atoms with Gasteiger partial charge in [0.05, 0.1) is 0 Å². The van der Waals surface area contributed by atoms with Gasteiger partial charge < -0.3 is 0 Å². The number of likely N-dealkylation sites (tertiary alicyclic amines) is 1. The van der Waals surface area contributed by atoms with Crippen molar-refractivity contribution in [1.29, 1.82) is 0 Å². The van der Waals surface area contributed by atoms with E-state index in [0.29, 0.717) is 12.8 Å². The molecule has 1 aliphatic heterocycles. The molecule has 0 bridgehead atoms. The highest BCUT2D eigenvalue weighted by molar-refractivity contribution is 5.20. The Bertz CT molecular complexity index is 355. The quantitative estimate of drug-likeness (QED) is 0.712. The van der Waals surface area contributed by atoms with Crippen LogP contribution in [0.15, 0.2) is 30.3 Å². The fourth-order valence-corrected chi connectivity index (χ4v) is 2.72. The summed E-state index contributed by atoms with van der Waals surface area (Å²) >= 11 is 0. The van der Waals surface area contributed by atoms with Crippen molar-refractivity contribution >= 4 is 0 Å². The molecular formula is C15H22FN. The van der Waals surface area contributed by atoms with Crippen LogP contribution in [-0.4, -0.2) is 23.2 Å². The molecule has 2 atom stereocenters. The zero-order valence-corrected chi connectivity index (χ0v) is 11.0. The molecule has 1 aromatic carbocycles. The first-order valence-corrected chi connectivity index (χ1v) is 6.44. The SMILES string of the molecule is CC(C)(C)N1CC[C@H](F)C[C@H]1c1ccccc1. The van der Waals surface area contributed by atoms with Gasteiger partial charge in [-0.3, -0.25) is 4.90 Å². The van der Waals surface area contributed by atoms with Gasteiger partial charge in [-0.15, -0.1) is 0 Å². The molecule has 2 rings (SSSR count). The summed E-state index contributed by atoms with van der Waals surface area (Å²) in [5, 5.41) is 0. The lowest BCUT2D eigenvalue weighted by Crippen LogP contribution is -2.48. The zero-order chi connectivity index (χ0) is 12.5. The fraction of sp³-hybridized carbons (Fsp3) is 0.600. The lowest BCUT2D eigenvalue weighted by Gasteiger charge is -2.45. The van der Waals surface area contributed by atoms with Gasteiger partial charge in [-0.2, -0.15) is 0 Å². The van der Waals surface area contributed by atoms with Crippen molar-refractivity contribution < 1.29 is 4.39 Å². The third-order valence-corrected chi connectivity index (χ3v) is 3.58. The minimum Gasteiger partial charge on any atom is -0.291 e. The minimum absolute atomic E-state index is 0.0979. The van der Waals surface area contributed by atoms with Gasteiger partial charge in [0.25, 0.3) is 0 Å². The van der Waals surface area contributed by atoms with E-state index in [1.54, 1.807) is 0 Å². The number of halogens is 1. The van der Waals surface area contributed by atoms with Gasteiger partial charge in [-0.1, -0.05) is 30.3 Å². The normalized spacial score (nSPS) is 27.1. The molecule has 0 aliphatic carbocycles. The summed E-state index contributed by atoms with van der Waals surface area (Å²) in [6, 6.07) is 10.5. The Morgan fingerprint density at radius 3 is 2.41 bits per heavy atom. The maximum Gasteiger partial charge on any atom is 0.103 e. The fourth-order valence-electron chi connectivity index (χ4n) is 2.72. The van der Waals surface area contributed by atoms with Crippen LogP contribution in [-0.2, 0) is 0 Å². The lowest BCUT2D eigenvalue weighted by atomic mass is 9.89. The molecular weight excluding hydrogens is 213 g/mol. The second-order valence-electron chi connectivity index (χ2n) is 5.91. The molecule has 1 aliphatic rings. The molecule has 1 heterocycles. The Balaban J connectivity index is 2.26. The molecule has 0 amide bonds. The van der Waals surface area contributed by atoms with E-state index in [1.165, 1.54) is 5.56 Å². The van der Waals surface area contributed by atoms with Crippen molar-refractivity contribution in [3.8, 4) is 0 Å². The highest BCUT2D eigenvalue weighted by atomic mass is 19.1. The first-order valence-electron chi connectivity index (χ1n) is 6.44. The molecule has 0 radical (unpaired) electrons. The predicted molar refractivity (Wildman–Crippen MR) is 69.8 cm³/mol. The van der Waals surface area contributed by atoms with E-state index >= 15 is 0 Å². The van der Waals surface area contributed by atoms with Crippen LogP contribution in [0.2, 0.25) is 0 Å². The van der Waals surface area contributed by atoms with E-state index in [-0.39, 0.29) is 11.6 Å². The molecule has 0 N–H and O–H groups in total. The average Bonchev–Trinajstić information content (AvgIpc) is 2.28. The number of nitrogens with zero attached hydrogens (tertiary/aromatic N) is 1. The zero-order valence-electron chi connectivity index (χ0n) is 11.0. The molecule has 0 unspecified atom stereocenters. The van der Waals surface area contributed by atoms with Crippen molar-refractivity contribution in [2.75, 3.05) is 6.54 Å². The summed E-state index contributed by atoms with van der Waals surface area (Å²) in [6.07, 6.45) is 0.640. The Morgan fingerprint density at radius 2 is 1.82 bits per heavy atom. The molecule has 17 heavy (non-hydrogen) atoms. The summed E-state index contributed by atoms with van der Waals surface area (Å²) in [7, 11) is 0. The van der Waals surface area contributed by atoms with Crippen LogP contribution < -0.4 is 0 Å². The van der Waals surface area contributed by atoms with Crippen LogP contribution in [0.3, 0.4) is 0 Å². The average molecular weight is 235 g/mol. The largest absolute Gasteiger partial charge is 0.291 e. The Hall–Kier alpha value is -0.890. The topological polar surface area (TPSA) is 3.24 Å². The van der Waals surface area contributed by atoms with E-state index in [0.717, 1.165) is 6.54 Å². The highest BCUT2D eigenvalue weighted by Crippen LogP contribution is 2.36. The molecule has 0 saturated carbocycles. The number of alkyl halides is 1. The monoisotopic (exact) mass is 235 g/mol. The smallest absolute Gasteiger partial charge is 0.103 e. The molecule has 1 aromatic rings. The Morgan fingerprint density at radius 1 is 1.18 bits per heavy atom. The van der Waals surface area contributed by atoms with Crippen molar-refractivity contribution in [3.63, 3.8) is 0 Å². The molecule has 1 fully saturated rings. The number of rotatable bonds is 1. The number of hydrogen-bond acceptors (Lipinski definition) is 1. The van der Waals surface area contributed by atoms with E-state index in [4.69, 9.17) is 0 Å². The molecule has 1 saturated heterocycles. The van der Waals surface area contributed by atoms with Crippen LogP contribution in [0.5, 0.6) is 0 Å². The van der Waals surface area contributed by atoms with Crippen molar-refractivity contribution in [2.24, 2.45) is 0 Å². The first-order chi connectivity index (χ1) is 7.98. The summed E-state index contributed by atoms with van der Waals surface area (Å²) in [5.41, 5.74) is 1.34. The standard InChI is InChI=1S/C15H22FN/c1-15(2,3)17-10-9-13(16)11-14(17)12-7-5-4-6-8-12/h4-8,13-14H,9-11H2,1-3H3/t13-,14-/m0/s1. The Kier molecular flexibility index (Phi) is 3.53. The molecule has 94 valence electrons. The van der Waals surface area contributed by atoms with Gasteiger partial charge in [0.15, 0.2) is 0 Å². The van der Waals surface area contributed by atoms with E-state index in [9.17, 15) is 4.39 Å². The maximum absolute atomic E-state index is 13.7. The van der Waals surface area contributed by atoms with Crippen LogP contribution in [0.25, 0.3) is 0 Å². The second kappa shape index (κ2) is 4.77. The predicted octanol–water partition coefficient (Wildman–Crippen LogP) is 3.96. The van der Waals surface area contributed by atoms with Crippen LogP contribution in [0.4, 0.5) is 4.39 Å². The van der Waals surface area contributed by atoms with Gasteiger partial charge in [-0.05, 0) is 39.2 Å². The van der Waals surface area contributed by atoms with E-state index < -0.39 is 6.17 Å². The minimum atomic E-state index is -0.654. The second-order valence-corrected chi connectivity index (χ2v) is 5.91. The highest BCUT2D eigenvalue weighted by Gasteiger charge is 2.35. The van der Waals surface area contributed by atoms with E-state index in [1.807, 2.05) is 18.2 Å². The molecule has 0 aromatic heterocycles. The third-order valence-electron chi connectivity index (χ3n) is 3.58. The number of benzene rings is 1. The lowest BCUT2D eigenvalue weighted by molar-refractivity contribution is 0.0192. The maximum atomic E-state index is 13.7. The van der Waals surface area contributed by atoms with Gasteiger partial charge in [-0.25, -0.2) is 4.39 Å². The number of hydrogen-bond donors (Lipinski definition) is 0. The Labute approximate surface area is 104 Å². The van der Waals surface area contributed by atoms with Crippen molar-refractivity contribution in [3.05, 3.63) is 35.9 Å². The first kappa shape index (κ1) is 12.6. The van der Waals surface area contributed by atoms with Gasteiger partial charge in [0.1, 0.15) is 6.17 Å². The van der Waals surface area contributed by atoms with Gasteiger partial charge in [0.2, 0.25) is 0 Å². The third kappa shape index (κ3) is 2.86. The molecule has 1 nitrogen and oxygen atoms in total. The van der Waals surface area contributed by atoms with Crippen molar-refractivity contribution in [1.82, 2.24) is 4.90 Å². The molecule has 0 spiro atoms. The van der Waals surface area contributed by atoms with Crippen LogP contribution in [0, 0.1) is 0 Å². The van der Waals surface area contributed by atoms with Gasteiger partial charge in [0, 0.05) is 18.1 Å². The summed E-state index contributed by atoms with van der Waals surface area (Å²) in [5.74, 6) is 0. The summed E-state index contributed by atoms with van der Waals surface area (Å²) in [4.78, 5) is 2.43. The number of piperidine rings is 1. The van der Waals surface area contributed by atoms with Crippen molar-refractivity contribution in [2.45, 2.75) is 51.4 Å². The summed E-state index contributed by atoms with van der Waals surface area (Å²) in [6.45, 7) is 7.48. The van der Waals surface area contributed by atoms with Crippen LogP contribution in [0.1, 0.15) is 45.2 Å². The summed E-state index contributed by atoms with van der Waals surface area (Å²) < 4.78 is 13.7. The van der Waals surface area contributed by atoms with Crippen LogP contribution >= 0.6 is 0 Å². The molecule has 2 heteroatoms. The van der Waals surface area contributed by atoms with E-state index in [2.05, 4.69) is 37.8 Å². The van der Waals surface area contributed by atoms with Gasteiger partial charge >= 0.3 is 0 Å².